The average Bonchev–Trinajstić information content (AvgIpc) is 3.49. The van der Waals surface area contributed by atoms with E-state index in [0.717, 1.165) is 24.5 Å². The summed E-state index contributed by atoms with van der Waals surface area (Å²) in [7, 11) is 0. The van der Waals surface area contributed by atoms with Gasteiger partial charge in [0.05, 0.1) is 35.3 Å². The monoisotopic (exact) mass is 529 g/mol. The molecule has 1 aliphatic carbocycles. The number of hydrogen-bond acceptors (Lipinski definition) is 8. The van der Waals surface area contributed by atoms with Crippen molar-refractivity contribution in [3.63, 3.8) is 0 Å². The number of aromatic nitrogens is 7. The van der Waals surface area contributed by atoms with Crippen LogP contribution in [0.4, 0.5) is 8.78 Å². The summed E-state index contributed by atoms with van der Waals surface area (Å²) in [5.41, 5.74) is 3.19. The maximum atomic E-state index is 15.1. The lowest BCUT2D eigenvalue weighted by molar-refractivity contribution is 0.00396. The summed E-state index contributed by atoms with van der Waals surface area (Å²) < 4.78 is 42.4. The van der Waals surface area contributed by atoms with Crippen molar-refractivity contribution in [2.75, 3.05) is 6.61 Å². The highest BCUT2D eigenvalue weighted by Crippen LogP contribution is 2.40. The third kappa shape index (κ3) is 4.46. The standard InChI is InChI=1S/C28H25F2N7O2/c1-14-21(28-33-15(2)36-39-28)11-22-25(20-6-3-18(29)10-23(20)30)34-26(35-27(22)32-14)16-7-8-38-24(9-16)17-12-31-37(13-17)19-4-5-19/h3,6,10-13,16,19,24H,4-5,7-9H2,1-2H3. The second-order valence-electron chi connectivity index (χ2n) is 10.3. The van der Waals surface area contributed by atoms with Crippen molar-refractivity contribution in [3.05, 3.63) is 71.2 Å². The van der Waals surface area contributed by atoms with Crippen molar-refractivity contribution < 1.29 is 18.0 Å². The summed E-state index contributed by atoms with van der Waals surface area (Å²) in [5, 5.41) is 8.90. The van der Waals surface area contributed by atoms with Gasteiger partial charge in [0.15, 0.2) is 11.5 Å². The number of benzene rings is 1. The Kier molecular flexibility index (Phi) is 5.69. The molecule has 11 heteroatoms. The van der Waals surface area contributed by atoms with Crippen LogP contribution in [0.1, 0.15) is 66.7 Å². The van der Waals surface area contributed by atoms with Gasteiger partial charge in [-0.2, -0.15) is 10.1 Å². The maximum absolute atomic E-state index is 15.1. The van der Waals surface area contributed by atoms with E-state index in [-0.39, 0.29) is 17.6 Å². The number of pyridine rings is 1. The van der Waals surface area contributed by atoms with E-state index < -0.39 is 11.6 Å². The summed E-state index contributed by atoms with van der Waals surface area (Å²) >= 11 is 0. The second-order valence-corrected chi connectivity index (χ2v) is 10.3. The number of hydrogen-bond donors (Lipinski definition) is 0. The summed E-state index contributed by atoms with van der Waals surface area (Å²) in [6.07, 6.45) is 7.48. The lowest BCUT2D eigenvalue weighted by Crippen LogP contribution is -2.20. The van der Waals surface area contributed by atoms with E-state index in [1.165, 1.54) is 12.1 Å². The molecule has 5 aromatic rings. The van der Waals surface area contributed by atoms with Crippen LogP contribution in [-0.4, -0.2) is 41.5 Å². The molecule has 0 radical (unpaired) electrons. The number of aryl methyl sites for hydroxylation is 2. The van der Waals surface area contributed by atoms with Crippen LogP contribution < -0.4 is 0 Å². The van der Waals surface area contributed by atoms with Crippen LogP contribution in [-0.2, 0) is 4.74 Å². The van der Waals surface area contributed by atoms with Crippen molar-refractivity contribution in [3.8, 4) is 22.7 Å². The van der Waals surface area contributed by atoms with Gasteiger partial charge in [-0.3, -0.25) is 4.68 Å². The van der Waals surface area contributed by atoms with Gasteiger partial charge in [-0.1, -0.05) is 5.16 Å². The topological polar surface area (TPSA) is 105 Å². The van der Waals surface area contributed by atoms with Crippen LogP contribution in [0.2, 0.25) is 0 Å². The van der Waals surface area contributed by atoms with E-state index in [2.05, 4.69) is 21.4 Å². The molecule has 0 amide bonds. The molecule has 9 nitrogen and oxygen atoms in total. The van der Waals surface area contributed by atoms with E-state index in [9.17, 15) is 4.39 Å². The highest BCUT2D eigenvalue weighted by atomic mass is 19.1. The molecule has 0 spiro atoms. The summed E-state index contributed by atoms with van der Waals surface area (Å²) in [6.45, 7) is 4.09. The molecule has 5 heterocycles. The Balaban J connectivity index is 1.33. The number of fused-ring (bicyclic) bond motifs is 1. The molecule has 0 N–H and O–H groups in total. The minimum absolute atomic E-state index is 0.0416. The Morgan fingerprint density at radius 2 is 1.85 bits per heavy atom. The Morgan fingerprint density at radius 3 is 2.62 bits per heavy atom. The van der Waals surface area contributed by atoms with Crippen molar-refractivity contribution in [1.82, 2.24) is 34.9 Å². The molecule has 1 saturated heterocycles. The summed E-state index contributed by atoms with van der Waals surface area (Å²) in [4.78, 5) is 18.8. The molecule has 1 saturated carbocycles. The molecule has 1 aliphatic heterocycles. The fourth-order valence-corrected chi connectivity index (χ4v) is 5.17. The first-order chi connectivity index (χ1) is 18.9. The van der Waals surface area contributed by atoms with E-state index in [1.54, 1.807) is 13.0 Å². The minimum atomic E-state index is -0.714. The Bertz CT molecular complexity index is 1710. The molecular formula is C28H25F2N7O2. The SMILES string of the molecule is Cc1noc(-c2cc3c(-c4ccc(F)cc4F)nc(C4CCOC(c5cnn(C6CC6)c5)C4)nc3nc2C)n1. The molecule has 2 atom stereocenters. The van der Waals surface area contributed by atoms with E-state index in [0.29, 0.717) is 71.0 Å². The van der Waals surface area contributed by atoms with Gasteiger partial charge in [0.2, 0.25) is 0 Å². The van der Waals surface area contributed by atoms with Gasteiger partial charge >= 0.3 is 0 Å². The van der Waals surface area contributed by atoms with Crippen LogP contribution in [0.3, 0.4) is 0 Å². The number of halogens is 2. The average molecular weight is 530 g/mol. The smallest absolute Gasteiger partial charge is 0.259 e. The first kappa shape index (κ1) is 24.0. The van der Waals surface area contributed by atoms with Gasteiger partial charge in [0.25, 0.3) is 5.89 Å². The maximum Gasteiger partial charge on any atom is 0.259 e. The Morgan fingerprint density at radius 1 is 0.974 bits per heavy atom. The largest absolute Gasteiger partial charge is 0.373 e. The quantitative estimate of drug-likeness (QED) is 0.281. The number of rotatable bonds is 5. The fourth-order valence-electron chi connectivity index (χ4n) is 5.17. The zero-order chi connectivity index (χ0) is 26.7. The molecule has 1 aromatic carbocycles. The Hall–Kier alpha value is -4.12. The Labute approximate surface area is 222 Å². The number of nitrogens with zero attached hydrogens (tertiary/aromatic N) is 7. The summed E-state index contributed by atoms with van der Waals surface area (Å²) in [6, 6.07) is 5.75. The zero-order valence-electron chi connectivity index (χ0n) is 21.4. The molecule has 198 valence electrons. The molecule has 2 unspecified atom stereocenters. The first-order valence-electron chi connectivity index (χ1n) is 13.0. The van der Waals surface area contributed by atoms with Crippen LogP contribution in [0.5, 0.6) is 0 Å². The van der Waals surface area contributed by atoms with Crippen LogP contribution in [0, 0.1) is 25.5 Å². The van der Waals surface area contributed by atoms with Crippen LogP contribution >= 0.6 is 0 Å². The molecule has 0 bridgehead atoms. The molecule has 4 aromatic heterocycles. The molecule has 2 aliphatic rings. The predicted octanol–water partition coefficient (Wildman–Crippen LogP) is 5.80. The summed E-state index contributed by atoms with van der Waals surface area (Å²) in [5.74, 6) is -0.0815. The van der Waals surface area contributed by atoms with Gasteiger partial charge < -0.3 is 9.26 Å². The molecule has 7 rings (SSSR count). The van der Waals surface area contributed by atoms with Crippen molar-refractivity contribution in [2.24, 2.45) is 0 Å². The van der Waals surface area contributed by atoms with Crippen LogP contribution in [0.15, 0.2) is 41.2 Å². The molecule has 2 fully saturated rings. The highest BCUT2D eigenvalue weighted by Gasteiger charge is 2.31. The van der Waals surface area contributed by atoms with Gasteiger partial charge in [-0.25, -0.2) is 23.7 Å². The van der Waals surface area contributed by atoms with E-state index in [4.69, 9.17) is 24.2 Å². The fraction of sp³-hybridized carbons (Fsp3) is 0.357. The van der Waals surface area contributed by atoms with Crippen molar-refractivity contribution in [2.45, 2.75) is 57.6 Å². The van der Waals surface area contributed by atoms with Crippen LogP contribution in [0.25, 0.3) is 33.7 Å². The lowest BCUT2D eigenvalue weighted by atomic mass is 9.92. The third-order valence-electron chi connectivity index (χ3n) is 7.40. The van der Waals surface area contributed by atoms with Crippen molar-refractivity contribution in [1.29, 1.82) is 0 Å². The number of ether oxygens (including phenoxy) is 1. The third-order valence-corrected chi connectivity index (χ3v) is 7.40. The molecular weight excluding hydrogens is 504 g/mol. The van der Waals surface area contributed by atoms with Gasteiger partial charge in [0.1, 0.15) is 17.5 Å². The zero-order valence-corrected chi connectivity index (χ0v) is 21.4. The second kappa shape index (κ2) is 9.26. The first-order valence-corrected chi connectivity index (χ1v) is 13.0. The minimum Gasteiger partial charge on any atom is -0.373 e. The lowest BCUT2D eigenvalue weighted by Gasteiger charge is -2.28. The van der Waals surface area contributed by atoms with Crippen molar-refractivity contribution >= 4 is 11.0 Å². The normalized spacial score (nSPS) is 19.6. The van der Waals surface area contributed by atoms with E-state index >= 15 is 4.39 Å². The van der Waals surface area contributed by atoms with Gasteiger partial charge in [-0.15, -0.1) is 0 Å². The predicted molar refractivity (Wildman–Crippen MR) is 137 cm³/mol. The van der Waals surface area contributed by atoms with Gasteiger partial charge in [0, 0.05) is 41.3 Å². The highest BCUT2D eigenvalue weighted by molar-refractivity contribution is 5.93. The van der Waals surface area contributed by atoms with E-state index in [1.807, 2.05) is 17.8 Å². The molecule has 39 heavy (non-hydrogen) atoms. The van der Waals surface area contributed by atoms with Gasteiger partial charge in [-0.05, 0) is 57.7 Å².